The van der Waals surface area contributed by atoms with Crippen LogP contribution in [0.5, 0.6) is 0 Å². The standard InChI is InChI=1S/C23H20F2N2/c24-19-11-7-17(8-12-19)22-23(18-9-13-20(25)14-10-18)27-21(26-22)15-6-16-4-2-1-3-5-16/h1-5,7-14,22-23H,6,15H2,(H,26,27). The highest BCUT2D eigenvalue weighted by molar-refractivity contribution is 5.85. The summed E-state index contributed by atoms with van der Waals surface area (Å²) in [7, 11) is 0. The van der Waals surface area contributed by atoms with E-state index in [4.69, 9.17) is 4.99 Å². The van der Waals surface area contributed by atoms with Crippen LogP contribution in [0.1, 0.15) is 35.2 Å². The monoisotopic (exact) mass is 362 g/mol. The van der Waals surface area contributed by atoms with Crippen LogP contribution in [0, 0.1) is 11.6 Å². The smallest absolute Gasteiger partial charge is 0.123 e. The van der Waals surface area contributed by atoms with Gasteiger partial charge in [-0.15, -0.1) is 0 Å². The fourth-order valence-corrected chi connectivity index (χ4v) is 3.44. The van der Waals surface area contributed by atoms with Crippen molar-refractivity contribution in [2.45, 2.75) is 24.9 Å². The topological polar surface area (TPSA) is 24.4 Å². The number of aryl methyl sites for hydroxylation is 1. The van der Waals surface area contributed by atoms with Gasteiger partial charge < -0.3 is 5.32 Å². The zero-order valence-electron chi connectivity index (χ0n) is 14.8. The molecule has 27 heavy (non-hydrogen) atoms. The Labute approximate surface area is 157 Å². The van der Waals surface area contributed by atoms with Crippen LogP contribution in [0.25, 0.3) is 0 Å². The predicted octanol–water partition coefficient (Wildman–Crippen LogP) is 5.38. The maximum atomic E-state index is 13.3. The van der Waals surface area contributed by atoms with Crippen molar-refractivity contribution in [3.8, 4) is 0 Å². The number of nitrogens with zero attached hydrogens (tertiary/aromatic N) is 1. The quantitative estimate of drug-likeness (QED) is 0.647. The Hall–Kier alpha value is -3.01. The molecule has 0 amide bonds. The number of aliphatic imine (C=N–C) groups is 1. The predicted molar refractivity (Wildman–Crippen MR) is 104 cm³/mol. The van der Waals surface area contributed by atoms with Crippen molar-refractivity contribution in [2.75, 3.05) is 0 Å². The molecule has 0 spiro atoms. The zero-order valence-corrected chi connectivity index (χ0v) is 14.8. The third kappa shape index (κ3) is 4.05. The van der Waals surface area contributed by atoms with E-state index in [-0.39, 0.29) is 23.7 Å². The van der Waals surface area contributed by atoms with Crippen LogP contribution in [0.3, 0.4) is 0 Å². The summed E-state index contributed by atoms with van der Waals surface area (Å²) in [6.07, 6.45) is 1.68. The first-order valence-corrected chi connectivity index (χ1v) is 9.07. The van der Waals surface area contributed by atoms with E-state index in [0.29, 0.717) is 0 Å². The Kier molecular flexibility index (Phi) is 4.97. The van der Waals surface area contributed by atoms with Crippen molar-refractivity contribution in [2.24, 2.45) is 4.99 Å². The molecule has 1 N–H and O–H groups in total. The van der Waals surface area contributed by atoms with Gasteiger partial charge in [-0.3, -0.25) is 4.99 Å². The highest BCUT2D eigenvalue weighted by Crippen LogP contribution is 2.36. The average Bonchev–Trinajstić information content (AvgIpc) is 3.13. The van der Waals surface area contributed by atoms with Gasteiger partial charge in [0.15, 0.2) is 0 Å². The summed E-state index contributed by atoms with van der Waals surface area (Å²) in [5.41, 5.74) is 3.16. The lowest BCUT2D eigenvalue weighted by Crippen LogP contribution is -2.24. The first kappa shape index (κ1) is 17.4. The summed E-state index contributed by atoms with van der Waals surface area (Å²) in [6, 6.07) is 22.9. The Morgan fingerprint density at radius 3 is 1.93 bits per heavy atom. The van der Waals surface area contributed by atoms with Crippen molar-refractivity contribution < 1.29 is 8.78 Å². The normalized spacial score (nSPS) is 18.8. The molecule has 4 rings (SSSR count). The van der Waals surface area contributed by atoms with E-state index in [1.165, 1.54) is 29.8 Å². The summed E-state index contributed by atoms with van der Waals surface area (Å²) < 4.78 is 26.7. The maximum Gasteiger partial charge on any atom is 0.123 e. The van der Waals surface area contributed by atoms with Gasteiger partial charge >= 0.3 is 0 Å². The molecular weight excluding hydrogens is 342 g/mol. The van der Waals surface area contributed by atoms with Gasteiger partial charge in [-0.1, -0.05) is 54.6 Å². The molecule has 1 aliphatic rings. The molecule has 0 bridgehead atoms. The van der Waals surface area contributed by atoms with Crippen LogP contribution in [0.2, 0.25) is 0 Å². The van der Waals surface area contributed by atoms with Crippen molar-refractivity contribution in [3.63, 3.8) is 0 Å². The molecule has 0 fully saturated rings. The highest BCUT2D eigenvalue weighted by Gasteiger charge is 2.31. The van der Waals surface area contributed by atoms with E-state index in [1.807, 2.05) is 18.2 Å². The Morgan fingerprint density at radius 1 is 0.704 bits per heavy atom. The van der Waals surface area contributed by atoms with E-state index in [9.17, 15) is 8.78 Å². The minimum atomic E-state index is -0.267. The second kappa shape index (κ2) is 7.70. The molecule has 136 valence electrons. The van der Waals surface area contributed by atoms with E-state index in [1.54, 1.807) is 24.3 Å². The molecule has 4 heteroatoms. The van der Waals surface area contributed by atoms with Gasteiger partial charge in [0.2, 0.25) is 0 Å². The van der Waals surface area contributed by atoms with Gasteiger partial charge in [-0.25, -0.2) is 8.78 Å². The molecule has 2 atom stereocenters. The third-order valence-corrected chi connectivity index (χ3v) is 4.87. The van der Waals surface area contributed by atoms with Crippen molar-refractivity contribution in [1.29, 1.82) is 0 Å². The Bertz CT molecular complexity index is 919. The number of amidine groups is 1. The molecule has 3 aromatic carbocycles. The summed E-state index contributed by atoms with van der Waals surface area (Å²) in [5, 5.41) is 3.49. The second-order valence-electron chi connectivity index (χ2n) is 6.73. The minimum Gasteiger partial charge on any atom is -0.364 e. The summed E-state index contributed by atoms with van der Waals surface area (Å²) >= 11 is 0. The largest absolute Gasteiger partial charge is 0.364 e. The summed E-state index contributed by atoms with van der Waals surface area (Å²) in [4.78, 5) is 4.87. The van der Waals surface area contributed by atoms with Gasteiger partial charge in [-0.2, -0.15) is 0 Å². The van der Waals surface area contributed by atoms with Gasteiger partial charge in [0.1, 0.15) is 17.7 Å². The SMILES string of the molecule is Fc1ccc(C2N=C(CCc3ccccc3)NC2c2ccc(F)cc2)cc1. The molecule has 0 saturated carbocycles. The van der Waals surface area contributed by atoms with Crippen LogP contribution in [-0.2, 0) is 6.42 Å². The fourth-order valence-electron chi connectivity index (χ4n) is 3.44. The van der Waals surface area contributed by atoms with Crippen molar-refractivity contribution in [1.82, 2.24) is 5.32 Å². The number of nitrogens with one attached hydrogen (secondary N) is 1. The molecule has 2 unspecified atom stereocenters. The first-order valence-electron chi connectivity index (χ1n) is 9.07. The number of hydrogen-bond donors (Lipinski definition) is 1. The molecule has 0 aromatic heterocycles. The summed E-state index contributed by atoms with van der Waals surface area (Å²) in [5.74, 6) is 0.388. The van der Waals surface area contributed by atoms with Gasteiger partial charge in [0, 0.05) is 6.42 Å². The highest BCUT2D eigenvalue weighted by atomic mass is 19.1. The van der Waals surface area contributed by atoms with E-state index >= 15 is 0 Å². The van der Waals surface area contributed by atoms with Gasteiger partial charge in [0.05, 0.1) is 11.9 Å². The zero-order chi connectivity index (χ0) is 18.6. The molecule has 0 radical (unpaired) electrons. The molecule has 0 aliphatic carbocycles. The molecular formula is C23H20F2N2. The molecule has 1 aliphatic heterocycles. The third-order valence-electron chi connectivity index (χ3n) is 4.87. The van der Waals surface area contributed by atoms with Crippen molar-refractivity contribution in [3.05, 3.63) is 107 Å². The van der Waals surface area contributed by atoms with E-state index < -0.39 is 0 Å². The number of rotatable bonds is 5. The van der Waals surface area contributed by atoms with Crippen LogP contribution in [-0.4, -0.2) is 5.84 Å². The van der Waals surface area contributed by atoms with Gasteiger partial charge in [0.25, 0.3) is 0 Å². The van der Waals surface area contributed by atoms with Crippen LogP contribution in [0.4, 0.5) is 8.78 Å². The van der Waals surface area contributed by atoms with Crippen molar-refractivity contribution >= 4 is 5.84 Å². The Balaban J connectivity index is 1.58. The summed E-state index contributed by atoms with van der Waals surface area (Å²) in [6.45, 7) is 0. The maximum absolute atomic E-state index is 13.3. The first-order chi connectivity index (χ1) is 13.2. The van der Waals surface area contributed by atoms with E-state index in [0.717, 1.165) is 29.8 Å². The number of hydrogen-bond acceptors (Lipinski definition) is 2. The lowest BCUT2D eigenvalue weighted by Gasteiger charge is -2.19. The Morgan fingerprint density at radius 2 is 1.30 bits per heavy atom. The van der Waals surface area contributed by atoms with Gasteiger partial charge in [-0.05, 0) is 47.4 Å². The number of halogens is 2. The lowest BCUT2D eigenvalue weighted by atomic mass is 9.95. The molecule has 2 nitrogen and oxygen atoms in total. The van der Waals surface area contributed by atoms with Crippen LogP contribution < -0.4 is 5.32 Å². The van der Waals surface area contributed by atoms with E-state index in [2.05, 4.69) is 17.4 Å². The lowest BCUT2D eigenvalue weighted by molar-refractivity contribution is 0.564. The fraction of sp³-hybridized carbons (Fsp3) is 0.174. The number of benzene rings is 3. The molecule has 1 heterocycles. The van der Waals surface area contributed by atoms with Crippen LogP contribution >= 0.6 is 0 Å². The second-order valence-corrected chi connectivity index (χ2v) is 6.73. The molecule has 0 saturated heterocycles. The average molecular weight is 362 g/mol. The van der Waals surface area contributed by atoms with Crippen LogP contribution in [0.15, 0.2) is 83.9 Å². The molecule has 3 aromatic rings. The minimum absolute atomic E-state index is 0.0955.